The summed E-state index contributed by atoms with van der Waals surface area (Å²) in [5, 5.41) is 9.01. The molecule has 1 saturated heterocycles. The van der Waals surface area contributed by atoms with Crippen LogP contribution in [0.4, 0.5) is 5.69 Å². The number of carbonyl (C=O) groups is 1. The van der Waals surface area contributed by atoms with E-state index in [0.29, 0.717) is 23.7 Å². The lowest BCUT2D eigenvalue weighted by molar-refractivity contribution is -0.0632. The summed E-state index contributed by atoms with van der Waals surface area (Å²) in [5.41, 5.74) is 4.59. The van der Waals surface area contributed by atoms with Crippen LogP contribution < -0.4 is 14.9 Å². The Labute approximate surface area is 258 Å². The third-order valence-electron chi connectivity index (χ3n) is 9.47. The highest BCUT2D eigenvalue weighted by Gasteiger charge is 2.30. The quantitative estimate of drug-likeness (QED) is 0.362. The Kier molecular flexibility index (Phi) is 9.69. The Balaban J connectivity index is 1.44. The molecule has 3 atom stereocenters. The number of nitrogens with one attached hydrogen (secondary N) is 2. The van der Waals surface area contributed by atoms with E-state index in [-0.39, 0.29) is 29.2 Å². The molecule has 2 aromatic carbocycles. The summed E-state index contributed by atoms with van der Waals surface area (Å²) < 4.78 is 33.8. The van der Waals surface area contributed by atoms with Crippen LogP contribution in [0.3, 0.4) is 0 Å². The number of anilines is 1. The molecule has 0 radical (unpaired) electrons. The number of amides is 1. The molecule has 2 N–H and O–H groups in total. The highest BCUT2D eigenvalue weighted by Crippen LogP contribution is 2.35. The van der Waals surface area contributed by atoms with Crippen LogP contribution in [0, 0.1) is 5.92 Å². The number of sulfonamides is 1. The molecule has 234 valence electrons. The van der Waals surface area contributed by atoms with Crippen LogP contribution in [-0.2, 0) is 27.6 Å². The van der Waals surface area contributed by atoms with Gasteiger partial charge in [0, 0.05) is 36.7 Å². The number of benzene rings is 2. The van der Waals surface area contributed by atoms with E-state index in [1.54, 1.807) is 13.1 Å². The summed E-state index contributed by atoms with van der Waals surface area (Å²) in [4.78, 5) is 14.1. The number of hydrogen-bond acceptors (Lipinski definition) is 5. The number of nitrogens with zero attached hydrogens (tertiary/aromatic N) is 1. The Morgan fingerprint density at radius 1 is 1.16 bits per heavy atom. The molecule has 0 aromatic heterocycles. The minimum atomic E-state index is -3.51. The van der Waals surface area contributed by atoms with Crippen LogP contribution in [0.1, 0.15) is 87.7 Å². The van der Waals surface area contributed by atoms with E-state index < -0.39 is 10.0 Å². The number of allylic oxidation sites excluding steroid dienone is 3. The summed E-state index contributed by atoms with van der Waals surface area (Å²) in [6.07, 6.45) is 13.4. The van der Waals surface area contributed by atoms with Gasteiger partial charge in [0.1, 0.15) is 0 Å². The standard InChI is InChI=1S/C35H49N3O4S/c1-6-27-17-26-13-10-16-43(40,41)38(5)33-21-28(20-30(27)31(33)18-26)34(39)37-32(19-25-11-8-7-9-12-25)24(2)23-36-29-14-15-42-35(3,4)22-29/h7-8,11,17-18,20-21,24,29,32,36H,6,9-10,12-16,19,22-23H2,1-5H3,(H,37,39)/t24-,29?,32+/m1/s1. The monoisotopic (exact) mass is 607 g/mol. The van der Waals surface area contributed by atoms with Crippen molar-refractivity contribution in [3.63, 3.8) is 0 Å². The van der Waals surface area contributed by atoms with Gasteiger partial charge in [-0.3, -0.25) is 9.10 Å². The number of carbonyl (C=O) groups excluding carboxylic acids is 1. The Morgan fingerprint density at radius 2 is 1.98 bits per heavy atom. The maximum atomic E-state index is 14.1. The highest BCUT2D eigenvalue weighted by molar-refractivity contribution is 7.92. The van der Waals surface area contributed by atoms with Crippen molar-refractivity contribution in [2.45, 2.75) is 96.7 Å². The molecule has 8 heteroatoms. The van der Waals surface area contributed by atoms with Crippen molar-refractivity contribution in [2.75, 3.05) is 30.3 Å². The summed E-state index contributed by atoms with van der Waals surface area (Å²) in [7, 11) is -1.89. The van der Waals surface area contributed by atoms with Gasteiger partial charge in [0.25, 0.3) is 5.91 Å². The number of hydrogen-bond donors (Lipinski definition) is 2. The lowest BCUT2D eigenvalue weighted by Crippen LogP contribution is -2.48. The topological polar surface area (TPSA) is 87.7 Å². The predicted molar refractivity (Wildman–Crippen MR) is 176 cm³/mol. The van der Waals surface area contributed by atoms with Crippen molar-refractivity contribution in [1.82, 2.24) is 10.6 Å². The third-order valence-corrected chi connectivity index (χ3v) is 11.3. The lowest BCUT2D eigenvalue weighted by Gasteiger charge is -2.37. The van der Waals surface area contributed by atoms with E-state index in [1.165, 1.54) is 9.88 Å². The molecule has 5 rings (SSSR count). The molecule has 0 saturated carbocycles. The highest BCUT2D eigenvalue weighted by atomic mass is 32.2. The van der Waals surface area contributed by atoms with Gasteiger partial charge in [0.05, 0.1) is 17.0 Å². The number of rotatable bonds is 9. The SMILES string of the molecule is CCc1cc2cc3c(cc(C(=O)N[C@@H](CC4=CC=CCC4)[C@H](C)CNC4CCOC(C)(C)C4)cc13)N(C)S(=O)(=O)CCC2. The normalized spacial score (nSPS) is 22.8. The smallest absolute Gasteiger partial charge is 0.251 e. The van der Waals surface area contributed by atoms with Gasteiger partial charge in [0.15, 0.2) is 0 Å². The van der Waals surface area contributed by atoms with E-state index in [2.05, 4.69) is 68.7 Å². The first kappa shape index (κ1) is 31.7. The van der Waals surface area contributed by atoms with Crippen molar-refractivity contribution in [3.8, 4) is 0 Å². The van der Waals surface area contributed by atoms with Gasteiger partial charge in [-0.05, 0) is 112 Å². The second-order valence-electron chi connectivity index (χ2n) is 13.3. The fourth-order valence-electron chi connectivity index (χ4n) is 6.81. The largest absolute Gasteiger partial charge is 0.375 e. The predicted octanol–water partition coefficient (Wildman–Crippen LogP) is 6.06. The van der Waals surface area contributed by atoms with Gasteiger partial charge in [-0.15, -0.1) is 0 Å². The third kappa shape index (κ3) is 7.52. The van der Waals surface area contributed by atoms with Gasteiger partial charge in [-0.25, -0.2) is 8.42 Å². The van der Waals surface area contributed by atoms with Crippen LogP contribution >= 0.6 is 0 Å². The Morgan fingerprint density at radius 3 is 2.70 bits per heavy atom. The van der Waals surface area contributed by atoms with Crippen molar-refractivity contribution in [2.24, 2.45) is 5.92 Å². The molecule has 0 spiro atoms. The van der Waals surface area contributed by atoms with E-state index in [4.69, 9.17) is 4.74 Å². The van der Waals surface area contributed by atoms with Gasteiger partial charge in [-0.1, -0.05) is 43.7 Å². The molecular formula is C35H49N3O4S. The molecule has 43 heavy (non-hydrogen) atoms. The average Bonchev–Trinajstić information content (AvgIpc) is 3.01. The van der Waals surface area contributed by atoms with Crippen molar-refractivity contribution in [1.29, 1.82) is 0 Å². The Bertz CT molecular complexity index is 1510. The molecule has 1 unspecified atom stereocenters. The zero-order chi connectivity index (χ0) is 30.8. The molecule has 2 aliphatic heterocycles. The van der Waals surface area contributed by atoms with Crippen molar-refractivity contribution < 1.29 is 17.9 Å². The second-order valence-corrected chi connectivity index (χ2v) is 15.5. The van der Waals surface area contributed by atoms with Crippen LogP contribution in [-0.4, -0.2) is 58.0 Å². The van der Waals surface area contributed by atoms with E-state index >= 15 is 0 Å². The minimum absolute atomic E-state index is 0.0682. The molecule has 1 fully saturated rings. The molecule has 1 aliphatic carbocycles. The van der Waals surface area contributed by atoms with Crippen LogP contribution in [0.2, 0.25) is 0 Å². The molecule has 3 aliphatic rings. The van der Waals surface area contributed by atoms with Gasteiger partial charge in [0.2, 0.25) is 10.0 Å². The molecule has 1 amide bonds. The average molecular weight is 608 g/mol. The first-order valence-corrected chi connectivity index (χ1v) is 17.7. The van der Waals surface area contributed by atoms with Gasteiger partial charge >= 0.3 is 0 Å². The summed E-state index contributed by atoms with van der Waals surface area (Å²) in [6, 6.07) is 8.35. The van der Waals surface area contributed by atoms with E-state index in [9.17, 15) is 13.2 Å². The summed E-state index contributed by atoms with van der Waals surface area (Å²) >= 11 is 0. The summed E-state index contributed by atoms with van der Waals surface area (Å²) in [5.74, 6) is 0.112. The number of ether oxygens (including phenoxy) is 1. The van der Waals surface area contributed by atoms with E-state index in [1.807, 2.05) is 6.07 Å². The minimum Gasteiger partial charge on any atom is -0.375 e. The Hall–Kier alpha value is -2.68. The molecule has 2 bridgehead atoms. The van der Waals surface area contributed by atoms with Crippen molar-refractivity contribution in [3.05, 3.63) is 64.8 Å². The maximum absolute atomic E-state index is 14.1. The van der Waals surface area contributed by atoms with Crippen LogP contribution in [0.25, 0.3) is 10.8 Å². The molecular weight excluding hydrogens is 558 g/mol. The molecule has 2 heterocycles. The van der Waals surface area contributed by atoms with E-state index in [0.717, 1.165) is 80.0 Å². The van der Waals surface area contributed by atoms with Crippen LogP contribution in [0.15, 0.2) is 48.1 Å². The fourth-order valence-corrected chi connectivity index (χ4v) is 8.04. The van der Waals surface area contributed by atoms with Gasteiger partial charge in [-0.2, -0.15) is 0 Å². The molecule has 2 aromatic rings. The zero-order valence-electron chi connectivity index (χ0n) is 26.5. The van der Waals surface area contributed by atoms with Crippen LogP contribution in [0.5, 0.6) is 0 Å². The summed E-state index contributed by atoms with van der Waals surface area (Å²) in [6.45, 7) is 10.2. The van der Waals surface area contributed by atoms with Gasteiger partial charge < -0.3 is 15.4 Å². The fraction of sp³-hybridized carbons (Fsp3) is 0.571. The maximum Gasteiger partial charge on any atom is 0.251 e. The number of aryl methyl sites for hydroxylation is 2. The lowest BCUT2D eigenvalue weighted by atomic mass is 9.89. The first-order valence-electron chi connectivity index (χ1n) is 16.0. The zero-order valence-corrected chi connectivity index (χ0v) is 27.4. The van der Waals surface area contributed by atoms with Crippen molar-refractivity contribution >= 4 is 32.4 Å². The first-order chi connectivity index (χ1) is 20.5. The number of fused-ring (bicyclic) bond motifs is 1. The molecule has 7 nitrogen and oxygen atoms in total. The second kappa shape index (κ2) is 13.1.